The molecule has 2 rings (SSSR count). The zero-order valence-corrected chi connectivity index (χ0v) is 11.9. The van der Waals surface area contributed by atoms with E-state index >= 15 is 0 Å². The molecular weight excluding hydrogens is 264 g/mol. The largest absolute Gasteiger partial charge is 0.384 e. The number of halogens is 1. The molecule has 2 heterocycles. The molecule has 0 aliphatic rings. The van der Waals surface area contributed by atoms with Gasteiger partial charge in [0, 0.05) is 13.3 Å². The van der Waals surface area contributed by atoms with Crippen molar-refractivity contribution in [1.82, 2.24) is 9.38 Å². The van der Waals surface area contributed by atoms with E-state index in [-0.39, 0.29) is 5.56 Å². The molecule has 0 saturated carbocycles. The minimum Gasteiger partial charge on any atom is -0.384 e. The van der Waals surface area contributed by atoms with Crippen LogP contribution in [0.4, 0.5) is 0 Å². The van der Waals surface area contributed by atoms with Gasteiger partial charge in [0.15, 0.2) is 0 Å². The molecule has 0 radical (unpaired) electrons. The molecule has 4 nitrogen and oxygen atoms in total. The van der Waals surface area contributed by atoms with E-state index in [1.54, 1.807) is 17.7 Å². The van der Waals surface area contributed by atoms with Gasteiger partial charge in [0.1, 0.15) is 10.8 Å². The zero-order chi connectivity index (χ0) is 13.8. The number of aromatic nitrogens is 2. The van der Waals surface area contributed by atoms with Crippen LogP contribution in [0.2, 0.25) is 5.15 Å². The third-order valence-electron chi connectivity index (χ3n) is 3.03. The Kier molecular flexibility index (Phi) is 4.56. The lowest BCUT2D eigenvalue weighted by molar-refractivity contribution is 0.202. The number of rotatable bonds is 5. The molecule has 0 saturated heterocycles. The standard InChI is InChI=1S/C14H17ClN2O2/c1-3-4-11-13(15)16-12-9-10(6-8-19-2)5-7-17(12)14(11)18/h5,7,9H,3-4,6,8H2,1-2H3. The quantitative estimate of drug-likeness (QED) is 0.791. The lowest BCUT2D eigenvalue weighted by Crippen LogP contribution is -2.20. The van der Waals surface area contributed by atoms with Crippen LogP contribution in [0.5, 0.6) is 0 Å². The van der Waals surface area contributed by atoms with E-state index in [1.165, 1.54) is 0 Å². The van der Waals surface area contributed by atoms with Crippen molar-refractivity contribution in [2.45, 2.75) is 26.2 Å². The highest BCUT2D eigenvalue weighted by Crippen LogP contribution is 2.13. The maximum absolute atomic E-state index is 12.3. The number of pyridine rings is 1. The van der Waals surface area contributed by atoms with Crippen molar-refractivity contribution >= 4 is 17.2 Å². The third-order valence-corrected chi connectivity index (χ3v) is 3.35. The molecule has 0 N–H and O–H groups in total. The van der Waals surface area contributed by atoms with Crippen LogP contribution in [0.15, 0.2) is 23.1 Å². The fourth-order valence-corrected chi connectivity index (χ4v) is 2.29. The lowest BCUT2D eigenvalue weighted by Gasteiger charge is -2.07. The SMILES string of the molecule is CCCc1c(Cl)nc2cc(CCOC)ccn2c1=O. The molecule has 2 aromatic heterocycles. The fraction of sp³-hybridized carbons (Fsp3) is 0.429. The van der Waals surface area contributed by atoms with Crippen LogP contribution in [0, 0.1) is 0 Å². The second-order valence-electron chi connectivity index (χ2n) is 4.44. The Hall–Kier alpha value is -1.39. The third kappa shape index (κ3) is 2.96. The summed E-state index contributed by atoms with van der Waals surface area (Å²) in [6, 6.07) is 3.79. The number of fused-ring (bicyclic) bond motifs is 1. The average molecular weight is 281 g/mol. The van der Waals surface area contributed by atoms with Gasteiger partial charge in [0.2, 0.25) is 0 Å². The van der Waals surface area contributed by atoms with Crippen LogP contribution in [0.25, 0.3) is 5.65 Å². The summed E-state index contributed by atoms with van der Waals surface area (Å²) in [5.74, 6) is 0. The predicted molar refractivity (Wildman–Crippen MR) is 76.0 cm³/mol. The first-order valence-corrected chi connectivity index (χ1v) is 6.73. The second-order valence-corrected chi connectivity index (χ2v) is 4.80. The summed E-state index contributed by atoms with van der Waals surface area (Å²) in [5.41, 5.74) is 2.18. The van der Waals surface area contributed by atoms with Crippen LogP contribution >= 0.6 is 11.6 Å². The Morgan fingerprint density at radius 3 is 2.89 bits per heavy atom. The van der Waals surface area contributed by atoms with E-state index in [2.05, 4.69) is 4.98 Å². The molecule has 0 aliphatic carbocycles. The fourth-order valence-electron chi connectivity index (χ4n) is 2.03. The van der Waals surface area contributed by atoms with E-state index in [0.29, 0.717) is 29.4 Å². The average Bonchev–Trinajstić information content (AvgIpc) is 2.41. The minimum absolute atomic E-state index is 0.0739. The van der Waals surface area contributed by atoms with Gasteiger partial charge >= 0.3 is 0 Å². The molecule has 102 valence electrons. The summed E-state index contributed by atoms with van der Waals surface area (Å²) in [6.45, 7) is 2.65. The van der Waals surface area contributed by atoms with Crippen molar-refractivity contribution < 1.29 is 4.74 Å². The lowest BCUT2D eigenvalue weighted by atomic mass is 10.2. The predicted octanol–water partition coefficient (Wildman–Crippen LogP) is 2.49. The molecular formula is C14H17ClN2O2. The summed E-state index contributed by atoms with van der Waals surface area (Å²) in [5, 5.41) is 0.316. The molecule has 0 bridgehead atoms. The zero-order valence-electron chi connectivity index (χ0n) is 11.1. The topological polar surface area (TPSA) is 43.6 Å². The van der Waals surface area contributed by atoms with Crippen LogP contribution < -0.4 is 5.56 Å². The maximum Gasteiger partial charge on any atom is 0.262 e. The highest BCUT2D eigenvalue weighted by Gasteiger charge is 2.10. The van der Waals surface area contributed by atoms with Gasteiger partial charge in [0.25, 0.3) is 5.56 Å². The smallest absolute Gasteiger partial charge is 0.262 e. The first kappa shape index (κ1) is 14.0. The van der Waals surface area contributed by atoms with Crippen LogP contribution in [-0.4, -0.2) is 23.1 Å². The van der Waals surface area contributed by atoms with E-state index in [0.717, 1.165) is 18.4 Å². The van der Waals surface area contributed by atoms with Crippen molar-refractivity contribution in [1.29, 1.82) is 0 Å². The molecule has 0 amide bonds. The normalized spacial score (nSPS) is 11.1. The van der Waals surface area contributed by atoms with Gasteiger partial charge in [-0.2, -0.15) is 0 Å². The highest BCUT2D eigenvalue weighted by atomic mass is 35.5. The monoisotopic (exact) mass is 280 g/mol. The van der Waals surface area contributed by atoms with Gasteiger partial charge in [-0.1, -0.05) is 24.9 Å². The Bertz CT molecular complexity index is 637. The molecule has 0 fully saturated rings. The maximum atomic E-state index is 12.3. The molecule has 5 heteroatoms. The second kappa shape index (κ2) is 6.17. The first-order chi connectivity index (χ1) is 9.17. The molecule has 19 heavy (non-hydrogen) atoms. The van der Waals surface area contributed by atoms with Gasteiger partial charge in [-0.05, 0) is 30.5 Å². The molecule has 0 spiro atoms. The number of ether oxygens (including phenoxy) is 1. The van der Waals surface area contributed by atoms with Crippen LogP contribution in [0.3, 0.4) is 0 Å². The summed E-state index contributed by atoms with van der Waals surface area (Å²) >= 11 is 6.09. The summed E-state index contributed by atoms with van der Waals surface area (Å²) in [6.07, 6.45) is 4.07. The van der Waals surface area contributed by atoms with Crippen molar-refractivity contribution in [3.05, 3.63) is 45.0 Å². The van der Waals surface area contributed by atoms with Gasteiger partial charge in [0.05, 0.1) is 12.2 Å². The number of hydrogen-bond donors (Lipinski definition) is 0. The van der Waals surface area contributed by atoms with Crippen molar-refractivity contribution in [2.75, 3.05) is 13.7 Å². The molecule has 0 aliphatic heterocycles. The summed E-state index contributed by atoms with van der Waals surface area (Å²) < 4.78 is 6.59. The van der Waals surface area contributed by atoms with E-state index in [9.17, 15) is 4.79 Å². The Balaban J connectivity index is 2.51. The van der Waals surface area contributed by atoms with Crippen LogP contribution in [-0.2, 0) is 17.6 Å². The van der Waals surface area contributed by atoms with Crippen LogP contribution in [0.1, 0.15) is 24.5 Å². The highest BCUT2D eigenvalue weighted by molar-refractivity contribution is 6.30. The van der Waals surface area contributed by atoms with E-state index < -0.39 is 0 Å². The van der Waals surface area contributed by atoms with Crippen molar-refractivity contribution in [2.24, 2.45) is 0 Å². The van der Waals surface area contributed by atoms with E-state index in [1.807, 2.05) is 19.1 Å². The minimum atomic E-state index is -0.0739. The van der Waals surface area contributed by atoms with Gasteiger partial charge < -0.3 is 4.74 Å². The Morgan fingerprint density at radius 1 is 1.42 bits per heavy atom. The van der Waals surface area contributed by atoms with Gasteiger partial charge in [-0.3, -0.25) is 9.20 Å². The molecule has 0 atom stereocenters. The summed E-state index contributed by atoms with van der Waals surface area (Å²) in [7, 11) is 1.66. The molecule has 0 aromatic carbocycles. The summed E-state index contributed by atoms with van der Waals surface area (Å²) in [4.78, 5) is 16.6. The number of hydrogen-bond acceptors (Lipinski definition) is 3. The Morgan fingerprint density at radius 2 is 2.21 bits per heavy atom. The number of nitrogens with zero attached hydrogens (tertiary/aromatic N) is 2. The van der Waals surface area contributed by atoms with Crippen molar-refractivity contribution in [3.8, 4) is 0 Å². The first-order valence-electron chi connectivity index (χ1n) is 6.36. The number of methoxy groups -OCH3 is 1. The van der Waals surface area contributed by atoms with E-state index in [4.69, 9.17) is 16.3 Å². The van der Waals surface area contributed by atoms with Gasteiger partial charge in [-0.25, -0.2) is 4.98 Å². The molecule has 2 aromatic rings. The molecule has 0 unspecified atom stereocenters. The Labute approximate surface area is 117 Å². The van der Waals surface area contributed by atoms with Gasteiger partial charge in [-0.15, -0.1) is 0 Å². The van der Waals surface area contributed by atoms with Crippen molar-refractivity contribution in [3.63, 3.8) is 0 Å².